The van der Waals surface area contributed by atoms with Crippen molar-refractivity contribution >= 4 is 28.0 Å². The Bertz CT molecular complexity index is 690. The number of carboxylic acid groups (broad SMARTS) is 1. The molecule has 2 aromatic carbocycles. The molecule has 0 bridgehead atoms. The molecule has 0 fully saturated rings. The molecule has 126 valence electrons. The Balaban J connectivity index is 1.94. The number of hydrogen-bond donors (Lipinski definition) is 2. The first-order chi connectivity index (χ1) is 11.5. The number of nitrogens with one attached hydrogen (secondary N) is 1. The molecule has 24 heavy (non-hydrogen) atoms. The van der Waals surface area contributed by atoms with Gasteiger partial charge < -0.3 is 15.2 Å². The van der Waals surface area contributed by atoms with E-state index in [2.05, 4.69) is 21.2 Å². The second-order valence-electron chi connectivity index (χ2n) is 5.30. The third kappa shape index (κ3) is 6.04. The number of hydrogen-bond acceptors (Lipinski definition) is 3. The topological polar surface area (TPSA) is 75.6 Å². The van der Waals surface area contributed by atoms with E-state index in [0.717, 1.165) is 15.6 Å². The molecule has 0 aliphatic carbocycles. The van der Waals surface area contributed by atoms with E-state index in [1.165, 1.54) is 0 Å². The highest BCUT2D eigenvalue weighted by molar-refractivity contribution is 9.10. The van der Waals surface area contributed by atoms with E-state index in [-0.39, 0.29) is 13.0 Å². The number of benzene rings is 2. The minimum Gasteiger partial charge on any atom is -0.481 e. The molecule has 0 heterocycles. The third-order valence-corrected chi connectivity index (χ3v) is 4.15. The van der Waals surface area contributed by atoms with Crippen LogP contribution in [0.15, 0.2) is 59.1 Å². The Morgan fingerprint density at radius 2 is 1.75 bits per heavy atom. The zero-order chi connectivity index (χ0) is 17.4. The van der Waals surface area contributed by atoms with Gasteiger partial charge in [-0.15, -0.1) is 0 Å². The van der Waals surface area contributed by atoms with E-state index in [0.29, 0.717) is 6.42 Å². The van der Waals surface area contributed by atoms with Crippen molar-refractivity contribution in [1.82, 2.24) is 5.32 Å². The molecular weight excluding hydrogens is 374 g/mol. The molecule has 0 radical (unpaired) electrons. The second-order valence-corrected chi connectivity index (χ2v) is 6.15. The summed E-state index contributed by atoms with van der Waals surface area (Å²) in [6, 6.07) is 16.2. The summed E-state index contributed by atoms with van der Waals surface area (Å²) in [5.41, 5.74) is 1.79. The summed E-state index contributed by atoms with van der Waals surface area (Å²) < 4.78 is 6.03. The van der Waals surface area contributed by atoms with Crippen LogP contribution in [0.3, 0.4) is 0 Å². The molecule has 1 atom stereocenters. The summed E-state index contributed by atoms with van der Waals surface area (Å²) in [4.78, 5) is 23.0. The monoisotopic (exact) mass is 391 g/mol. The van der Waals surface area contributed by atoms with Crippen LogP contribution < -0.4 is 5.32 Å². The maximum atomic E-state index is 11.9. The number of carboxylic acids is 1. The molecule has 2 N–H and O–H groups in total. The molecule has 0 aliphatic heterocycles. The standard InChI is InChI=1S/C18H18BrNO4/c19-16-9-5-4-8-14(16)10-15(11-17(21)22)20-18(23)24-12-13-6-2-1-3-7-13/h1-9,15H,10-12H2,(H,20,23)(H,21,22)/t15-/m0/s1. The van der Waals surface area contributed by atoms with E-state index in [9.17, 15) is 9.59 Å². The number of carbonyl (C=O) groups excluding carboxylic acids is 1. The van der Waals surface area contributed by atoms with Crippen LogP contribution in [0.5, 0.6) is 0 Å². The van der Waals surface area contributed by atoms with Crippen LogP contribution in [0.1, 0.15) is 17.5 Å². The van der Waals surface area contributed by atoms with Crippen molar-refractivity contribution in [3.63, 3.8) is 0 Å². The average molecular weight is 392 g/mol. The first kappa shape index (κ1) is 18.0. The molecule has 0 saturated carbocycles. The number of carbonyl (C=O) groups is 2. The van der Waals surface area contributed by atoms with Gasteiger partial charge in [0.25, 0.3) is 0 Å². The molecule has 0 saturated heterocycles. The molecule has 6 heteroatoms. The van der Waals surface area contributed by atoms with Crippen molar-refractivity contribution in [2.24, 2.45) is 0 Å². The summed E-state index contributed by atoms with van der Waals surface area (Å²) >= 11 is 3.43. The second kappa shape index (κ2) is 9.08. The Morgan fingerprint density at radius 3 is 2.42 bits per heavy atom. The van der Waals surface area contributed by atoms with Crippen LogP contribution >= 0.6 is 15.9 Å². The Hall–Kier alpha value is -2.34. The van der Waals surface area contributed by atoms with Gasteiger partial charge in [0.2, 0.25) is 0 Å². The maximum Gasteiger partial charge on any atom is 0.407 e. The molecule has 0 aromatic heterocycles. The van der Waals surface area contributed by atoms with Crippen LogP contribution in [0.4, 0.5) is 4.79 Å². The number of ether oxygens (including phenoxy) is 1. The van der Waals surface area contributed by atoms with Gasteiger partial charge in [-0.2, -0.15) is 0 Å². The Labute approximate surface area is 148 Å². The Morgan fingerprint density at radius 1 is 1.08 bits per heavy atom. The highest BCUT2D eigenvalue weighted by Gasteiger charge is 2.18. The summed E-state index contributed by atoms with van der Waals surface area (Å²) in [5.74, 6) is -0.976. The lowest BCUT2D eigenvalue weighted by atomic mass is 10.0. The molecule has 5 nitrogen and oxygen atoms in total. The fraction of sp³-hybridized carbons (Fsp3) is 0.222. The van der Waals surface area contributed by atoms with Crippen molar-refractivity contribution in [1.29, 1.82) is 0 Å². The van der Waals surface area contributed by atoms with Gasteiger partial charge in [-0.25, -0.2) is 4.79 Å². The van der Waals surface area contributed by atoms with Gasteiger partial charge in [0, 0.05) is 10.5 Å². The number of aliphatic carboxylic acids is 1. The van der Waals surface area contributed by atoms with Gasteiger partial charge in [-0.05, 0) is 23.6 Å². The van der Waals surface area contributed by atoms with Gasteiger partial charge in [0.15, 0.2) is 0 Å². The highest BCUT2D eigenvalue weighted by atomic mass is 79.9. The van der Waals surface area contributed by atoms with E-state index < -0.39 is 18.1 Å². The van der Waals surface area contributed by atoms with Crippen LogP contribution in [0.2, 0.25) is 0 Å². The summed E-state index contributed by atoms with van der Waals surface area (Å²) in [6.07, 6.45) is -0.409. The maximum absolute atomic E-state index is 11.9. The van der Waals surface area contributed by atoms with Crippen molar-refractivity contribution in [2.45, 2.75) is 25.5 Å². The van der Waals surface area contributed by atoms with Gasteiger partial charge in [-0.1, -0.05) is 64.5 Å². The minimum atomic E-state index is -0.976. The van der Waals surface area contributed by atoms with Crippen LogP contribution in [-0.2, 0) is 22.6 Å². The van der Waals surface area contributed by atoms with Gasteiger partial charge in [-0.3, -0.25) is 4.79 Å². The lowest BCUT2D eigenvalue weighted by Gasteiger charge is -2.17. The predicted octanol–water partition coefficient (Wildman–Crippen LogP) is 3.76. The zero-order valence-corrected chi connectivity index (χ0v) is 14.5. The van der Waals surface area contributed by atoms with E-state index >= 15 is 0 Å². The van der Waals surface area contributed by atoms with Gasteiger partial charge in [0.1, 0.15) is 6.61 Å². The van der Waals surface area contributed by atoms with Crippen LogP contribution in [-0.4, -0.2) is 23.2 Å². The molecule has 0 unspecified atom stereocenters. The van der Waals surface area contributed by atoms with Crippen molar-refractivity contribution in [2.75, 3.05) is 0 Å². The average Bonchev–Trinajstić information content (AvgIpc) is 2.55. The van der Waals surface area contributed by atoms with E-state index in [4.69, 9.17) is 9.84 Å². The first-order valence-electron chi connectivity index (χ1n) is 7.47. The summed E-state index contributed by atoms with van der Waals surface area (Å²) in [5, 5.41) is 11.7. The zero-order valence-electron chi connectivity index (χ0n) is 12.9. The molecule has 0 aliphatic rings. The molecule has 1 amide bonds. The number of rotatable bonds is 7. The normalized spacial score (nSPS) is 11.5. The van der Waals surface area contributed by atoms with Gasteiger partial charge in [0.05, 0.1) is 6.42 Å². The fourth-order valence-corrected chi connectivity index (χ4v) is 2.69. The largest absolute Gasteiger partial charge is 0.481 e. The molecule has 2 aromatic rings. The van der Waals surface area contributed by atoms with Crippen molar-refractivity contribution in [3.8, 4) is 0 Å². The lowest BCUT2D eigenvalue weighted by molar-refractivity contribution is -0.137. The Kier molecular flexibility index (Phi) is 6.81. The predicted molar refractivity (Wildman–Crippen MR) is 93.6 cm³/mol. The summed E-state index contributed by atoms with van der Waals surface area (Å²) in [6.45, 7) is 0.140. The molecule has 2 rings (SSSR count). The minimum absolute atomic E-state index is 0.140. The first-order valence-corrected chi connectivity index (χ1v) is 8.26. The number of halogens is 1. The number of amides is 1. The molecule has 0 spiro atoms. The van der Waals surface area contributed by atoms with Crippen LogP contribution in [0, 0.1) is 0 Å². The summed E-state index contributed by atoms with van der Waals surface area (Å²) in [7, 11) is 0. The van der Waals surface area contributed by atoms with E-state index in [1.54, 1.807) is 0 Å². The van der Waals surface area contributed by atoms with E-state index in [1.807, 2.05) is 54.6 Å². The highest BCUT2D eigenvalue weighted by Crippen LogP contribution is 2.18. The smallest absolute Gasteiger partial charge is 0.407 e. The third-order valence-electron chi connectivity index (χ3n) is 3.38. The fourth-order valence-electron chi connectivity index (χ4n) is 2.25. The lowest BCUT2D eigenvalue weighted by Crippen LogP contribution is -2.38. The van der Waals surface area contributed by atoms with Crippen molar-refractivity contribution in [3.05, 3.63) is 70.2 Å². The van der Waals surface area contributed by atoms with Gasteiger partial charge >= 0.3 is 12.1 Å². The number of alkyl carbamates (subject to hydrolysis) is 1. The SMILES string of the molecule is O=C(O)C[C@H](Cc1ccccc1Br)NC(=O)OCc1ccccc1. The van der Waals surface area contributed by atoms with Crippen LogP contribution in [0.25, 0.3) is 0 Å². The molecular formula is C18H18BrNO4. The quantitative estimate of drug-likeness (QED) is 0.753. The van der Waals surface area contributed by atoms with Crippen molar-refractivity contribution < 1.29 is 19.4 Å².